The molecule has 0 radical (unpaired) electrons. The van der Waals surface area contributed by atoms with Crippen LogP contribution in [0.1, 0.15) is 24.0 Å². The number of para-hydroxylation sites is 1. The molecule has 1 aliphatic rings. The van der Waals surface area contributed by atoms with Gasteiger partial charge in [0.15, 0.2) is 17.3 Å². The maximum atomic E-state index is 12.9. The number of alkyl halides is 1. The number of nitrogens with zero attached hydrogens (tertiary/aromatic N) is 1. The molecule has 4 nitrogen and oxygen atoms in total. The fourth-order valence-corrected chi connectivity index (χ4v) is 4.27. The molecule has 3 aromatic rings. The van der Waals surface area contributed by atoms with Crippen LogP contribution < -0.4 is 14.4 Å². The van der Waals surface area contributed by atoms with E-state index in [4.69, 9.17) is 21.1 Å². The zero-order chi connectivity index (χ0) is 21.6. The van der Waals surface area contributed by atoms with Crippen molar-refractivity contribution in [2.45, 2.75) is 31.9 Å². The van der Waals surface area contributed by atoms with E-state index < -0.39 is 0 Å². The molecule has 0 N–H and O–H groups in total. The minimum atomic E-state index is -0.241. The largest absolute Gasteiger partial charge is 0.493 e. The first kappa shape index (κ1) is 21.3. The molecule has 160 valence electrons. The lowest BCUT2D eigenvalue weighted by molar-refractivity contribution is -0.120. The molecule has 1 unspecified atom stereocenters. The van der Waals surface area contributed by atoms with Gasteiger partial charge >= 0.3 is 0 Å². The first-order valence-corrected chi connectivity index (χ1v) is 11.1. The Hall–Kier alpha value is -2.98. The third kappa shape index (κ3) is 4.70. The van der Waals surface area contributed by atoms with Crippen molar-refractivity contribution in [2.24, 2.45) is 0 Å². The molecular formula is C26H26ClNO3. The van der Waals surface area contributed by atoms with Crippen LogP contribution in [-0.2, 0) is 17.8 Å². The van der Waals surface area contributed by atoms with Crippen LogP contribution in [0.3, 0.4) is 0 Å². The highest BCUT2D eigenvalue weighted by Gasteiger charge is 2.33. The number of anilines is 2. The number of hydrogen-bond acceptors (Lipinski definition) is 4. The van der Waals surface area contributed by atoms with E-state index in [0.717, 1.165) is 35.3 Å². The highest BCUT2D eigenvalue weighted by atomic mass is 35.5. The lowest BCUT2D eigenvalue weighted by Gasteiger charge is -2.38. The summed E-state index contributed by atoms with van der Waals surface area (Å²) < 4.78 is 11.8. The Morgan fingerprint density at radius 2 is 1.74 bits per heavy atom. The summed E-state index contributed by atoms with van der Waals surface area (Å²) in [6, 6.07) is 23.9. The predicted molar refractivity (Wildman–Crippen MR) is 125 cm³/mol. The van der Waals surface area contributed by atoms with Crippen LogP contribution in [0.15, 0.2) is 72.8 Å². The molecule has 0 bridgehead atoms. The molecule has 0 saturated carbocycles. The molecular weight excluding hydrogens is 410 g/mol. The number of methoxy groups -OCH3 is 1. The van der Waals surface area contributed by atoms with Gasteiger partial charge in [0.2, 0.25) is 0 Å². The van der Waals surface area contributed by atoms with Crippen LogP contribution >= 0.6 is 11.6 Å². The van der Waals surface area contributed by atoms with E-state index in [1.807, 2.05) is 66.7 Å². The number of carbonyl (C=O) groups excluding carboxylic acids is 1. The molecule has 0 spiro atoms. The summed E-state index contributed by atoms with van der Waals surface area (Å²) >= 11 is 5.89. The average molecular weight is 436 g/mol. The van der Waals surface area contributed by atoms with Crippen LogP contribution in [-0.4, -0.2) is 24.8 Å². The van der Waals surface area contributed by atoms with Crippen molar-refractivity contribution in [1.82, 2.24) is 0 Å². The minimum absolute atomic E-state index is 0.160. The molecule has 1 aliphatic heterocycles. The molecule has 31 heavy (non-hydrogen) atoms. The maximum absolute atomic E-state index is 12.9. The van der Waals surface area contributed by atoms with Gasteiger partial charge in [0.25, 0.3) is 0 Å². The third-order valence-corrected chi connectivity index (χ3v) is 5.80. The second-order valence-electron chi connectivity index (χ2n) is 7.57. The molecule has 0 saturated heterocycles. The van der Waals surface area contributed by atoms with E-state index in [-0.39, 0.29) is 11.8 Å². The lowest BCUT2D eigenvalue weighted by atomic mass is 9.91. The van der Waals surface area contributed by atoms with Gasteiger partial charge in [-0.2, -0.15) is 0 Å². The topological polar surface area (TPSA) is 38.8 Å². The fraction of sp³-hybridized carbons (Fsp3) is 0.269. The van der Waals surface area contributed by atoms with Crippen LogP contribution in [0.5, 0.6) is 11.5 Å². The maximum Gasteiger partial charge on any atom is 0.162 e. The summed E-state index contributed by atoms with van der Waals surface area (Å²) in [6.45, 7) is 0.467. The van der Waals surface area contributed by atoms with Crippen molar-refractivity contribution in [2.75, 3.05) is 17.9 Å². The quantitative estimate of drug-likeness (QED) is 0.411. The molecule has 1 atom stereocenters. The highest BCUT2D eigenvalue weighted by molar-refractivity contribution is 6.19. The fourth-order valence-electron chi connectivity index (χ4n) is 4.09. The molecule has 0 aromatic heterocycles. The van der Waals surface area contributed by atoms with Crippen LogP contribution in [0, 0.1) is 0 Å². The number of fused-ring (bicyclic) bond motifs is 1. The number of aryl methyl sites for hydroxylation is 1. The highest BCUT2D eigenvalue weighted by Crippen LogP contribution is 2.43. The van der Waals surface area contributed by atoms with Gasteiger partial charge in [-0.05, 0) is 42.2 Å². The Kier molecular flexibility index (Phi) is 6.78. The summed E-state index contributed by atoms with van der Waals surface area (Å²) in [6.07, 6.45) is 1.89. The average Bonchev–Trinajstić information content (AvgIpc) is 2.82. The van der Waals surface area contributed by atoms with Crippen LogP contribution in [0.25, 0.3) is 0 Å². The van der Waals surface area contributed by atoms with Crippen molar-refractivity contribution in [3.05, 3.63) is 83.9 Å². The molecule has 0 amide bonds. The number of rotatable bonds is 8. The Labute approximate surface area is 188 Å². The van der Waals surface area contributed by atoms with Gasteiger partial charge in [-0.1, -0.05) is 48.5 Å². The van der Waals surface area contributed by atoms with E-state index in [0.29, 0.717) is 30.4 Å². The number of Topliss-reactive ketones (excluding diaryl/α,β-unsaturated/α-hetero) is 1. The summed E-state index contributed by atoms with van der Waals surface area (Å²) in [5.41, 5.74) is 4.20. The number of carbonyl (C=O) groups is 1. The molecule has 5 heteroatoms. The number of halogens is 1. The summed E-state index contributed by atoms with van der Waals surface area (Å²) in [4.78, 5) is 15.0. The van der Waals surface area contributed by atoms with Gasteiger partial charge in [0, 0.05) is 29.7 Å². The van der Waals surface area contributed by atoms with Crippen LogP contribution in [0.4, 0.5) is 11.4 Å². The first-order valence-electron chi connectivity index (χ1n) is 10.5. The number of benzene rings is 3. The van der Waals surface area contributed by atoms with Gasteiger partial charge in [-0.25, -0.2) is 0 Å². The Balaban J connectivity index is 1.70. The van der Waals surface area contributed by atoms with Crippen molar-refractivity contribution >= 4 is 28.8 Å². The predicted octanol–water partition coefficient (Wildman–Crippen LogP) is 5.93. The van der Waals surface area contributed by atoms with Crippen LogP contribution in [0.2, 0.25) is 0 Å². The van der Waals surface area contributed by atoms with E-state index >= 15 is 0 Å². The smallest absolute Gasteiger partial charge is 0.162 e. The monoisotopic (exact) mass is 435 g/mol. The van der Waals surface area contributed by atoms with Crippen molar-refractivity contribution in [3.63, 3.8) is 0 Å². The van der Waals surface area contributed by atoms with Crippen molar-refractivity contribution in [1.29, 1.82) is 0 Å². The summed E-state index contributed by atoms with van der Waals surface area (Å²) in [5.74, 6) is 1.86. The molecule has 1 heterocycles. The van der Waals surface area contributed by atoms with E-state index in [9.17, 15) is 4.79 Å². The van der Waals surface area contributed by atoms with Gasteiger partial charge in [0.05, 0.1) is 13.2 Å². The number of ether oxygens (including phenoxy) is 2. The SMILES string of the molecule is COc1cc2c(cc1OCc1ccccc1)CCC(C(=O)CCCl)N2c1ccccc1. The zero-order valence-corrected chi connectivity index (χ0v) is 18.3. The van der Waals surface area contributed by atoms with Crippen molar-refractivity contribution in [3.8, 4) is 11.5 Å². The Bertz CT molecular complexity index is 1020. The zero-order valence-electron chi connectivity index (χ0n) is 17.6. The van der Waals surface area contributed by atoms with E-state index in [1.54, 1.807) is 7.11 Å². The second kappa shape index (κ2) is 9.88. The van der Waals surface area contributed by atoms with Gasteiger partial charge in [0.1, 0.15) is 6.61 Å². The molecule has 3 aromatic carbocycles. The Morgan fingerprint density at radius 1 is 1.03 bits per heavy atom. The standard InChI is InChI=1S/C26H26ClNO3/c1-30-25-17-23-20(16-26(25)31-18-19-8-4-2-5-9-19)12-13-22(24(29)14-15-27)28(23)21-10-6-3-7-11-21/h2-11,16-17,22H,12-15,18H2,1H3. The number of hydrogen-bond donors (Lipinski definition) is 0. The molecule has 0 fully saturated rings. The second-order valence-corrected chi connectivity index (χ2v) is 7.95. The van der Waals surface area contributed by atoms with Crippen molar-refractivity contribution < 1.29 is 14.3 Å². The molecule has 0 aliphatic carbocycles. The normalized spacial score (nSPS) is 15.3. The first-order chi connectivity index (χ1) is 15.2. The van der Waals surface area contributed by atoms with E-state index in [1.165, 1.54) is 0 Å². The lowest BCUT2D eigenvalue weighted by Crippen LogP contribution is -2.41. The third-order valence-electron chi connectivity index (χ3n) is 5.61. The van der Waals surface area contributed by atoms with Gasteiger partial charge < -0.3 is 14.4 Å². The van der Waals surface area contributed by atoms with E-state index in [2.05, 4.69) is 11.0 Å². The van der Waals surface area contributed by atoms with Gasteiger partial charge in [-0.3, -0.25) is 4.79 Å². The summed E-state index contributed by atoms with van der Waals surface area (Å²) in [5, 5.41) is 0. The Morgan fingerprint density at radius 3 is 2.42 bits per heavy atom. The molecule has 4 rings (SSSR count). The minimum Gasteiger partial charge on any atom is -0.493 e. The summed E-state index contributed by atoms with van der Waals surface area (Å²) in [7, 11) is 1.64. The number of ketones is 1. The van der Waals surface area contributed by atoms with Gasteiger partial charge in [-0.15, -0.1) is 11.6 Å².